The smallest absolute Gasteiger partial charge is 0.407 e. The third kappa shape index (κ3) is 28.5. The van der Waals surface area contributed by atoms with E-state index in [4.69, 9.17) is 10.5 Å². The number of alkyl carbamates (subject to hydrolysis) is 1. The van der Waals surface area contributed by atoms with Crippen molar-refractivity contribution in [2.24, 2.45) is 5.73 Å². The molecule has 3 saturated heterocycles. The summed E-state index contributed by atoms with van der Waals surface area (Å²) in [4.78, 5) is 184. The Hall–Kier alpha value is -7.80. The number of primary amides is 1. The normalized spacial score (nSPS) is 23.3. The molecule has 9 amide bonds. The lowest BCUT2D eigenvalue weighted by Crippen LogP contribution is -2.61. The second-order valence-corrected chi connectivity index (χ2v) is 28.6. The molecule has 32 nitrogen and oxygen atoms in total. The minimum atomic E-state index is -1.73. The number of carbonyl (C=O) groups excluding carboxylic acids is 9. The fourth-order valence-electron chi connectivity index (χ4n) is 12.1. The number of benzene rings is 2. The van der Waals surface area contributed by atoms with E-state index in [0.29, 0.717) is 36.3 Å². The van der Waals surface area contributed by atoms with Gasteiger partial charge in [-0.15, -0.1) is 0 Å². The van der Waals surface area contributed by atoms with Gasteiger partial charge >= 0.3 is 30.0 Å². The fraction of sp³-hybridized carbons (Fsp3) is 0.621. The number of fused-ring (bicyclic) bond motifs is 4. The van der Waals surface area contributed by atoms with Crippen LogP contribution in [0, 0.1) is 0 Å². The molecule has 3 fully saturated rings. The molecule has 0 unspecified atom stereocenters. The van der Waals surface area contributed by atoms with Crippen molar-refractivity contribution in [3.05, 3.63) is 70.8 Å². The summed E-state index contributed by atoms with van der Waals surface area (Å²) in [5.41, 5.74) is 8.43. The van der Waals surface area contributed by atoms with Crippen LogP contribution in [0.3, 0.4) is 0 Å². The predicted molar refractivity (Wildman–Crippen MR) is 375 cm³/mol. The zero-order chi connectivity index (χ0) is 73.5. The Balaban J connectivity index is 1.26. The number of unbranched alkanes of at least 4 members (excludes halogenated alkanes) is 1. The van der Waals surface area contributed by atoms with Crippen LogP contribution in [0.1, 0.15) is 87.5 Å². The number of rotatable bonds is 24. The summed E-state index contributed by atoms with van der Waals surface area (Å²) in [6.45, 7) is 4.53. The molecule has 0 aliphatic carbocycles. The fourth-order valence-corrected chi connectivity index (χ4v) is 14.8. The van der Waals surface area contributed by atoms with Crippen molar-refractivity contribution >= 4 is 113 Å². The molecule has 0 spiro atoms. The van der Waals surface area contributed by atoms with Crippen molar-refractivity contribution in [3.8, 4) is 0 Å². The maximum absolute atomic E-state index is 14.8. The lowest BCUT2D eigenvalue weighted by molar-refractivity contribution is -0.147. The molecule has 558 valence electrons. The van der Waals surface area contributed by atoms with E-state index in [2.05, 4.69) is 31.9 Å². The Morgan fingerprint density at radius 2 is 1.18 bits per heavy atom. The maximum Gasteiger partial charge on any atom is 0.407 e. The molecule has 4 aliphatic heterocycles. The molecule has 0 saturated carbocycles. The average molecular weight is 1470 g/mol. The van der Waals surface area contributed by atoms with Crippen molar-refractivity contribution in [3.63, 3.8) is 0 Å². The van der Waals surface area contributed by atoms with Crippen LogP contribution in [0.25, 0.3) is 0 Å². The number of carbonyl (C=O) groups is 13. The maximum atomic E-state index is 14.8. The second-order valence-electron chi connectivity index (χ2n) is 25.4. The molecular weight excluding hydrogens is 1370 g/mol. The van der Waals surface area contributed by atoms with E-state index in [-0.39, 0.29) is 153 Å². The molecule has 4 heterocycles. The number of nitrogens with zero attached hydrogens (tertiary/aromatic N) is 6. The predicted octanol–water partition coefficient (Wildman–Crippen LogP) is -1.22. The number of hydrogen-bond acceptors (Lipinski definition) is 22. The van der Waals surface area contributed by atoms with Gasteiger partial charge in [-0.3, -0.25) is 72.3 Å². The van der Waals surface area contributed by atoms with E-state index in [9.17, 15) is 87.9 Å². The molecule has 0 aromatic heterocycles. The number of hydrogen-bond donors (Lipinski definition) is 12. The average Bonchev–Trinajstić information content (AvgIpc) is 1.72. The van der Waals surface area contributed by atoms with Crippen LogP contribution < -0.4 is 37.6 Å². The summed E-state index contributed by atoms with van der Waals surface area (Å²) >= 11 is 4.01. The minimum absolute atomic E-state index is 0.0144. The quantitative estimate of drug-likeness (QED) is 0.0548. The third-order valence-corrected chi connectivity index (χ3v) is 20.6. The molecular formula is C66H97N13O19S3. The van der Waals surface area contributed by atoms with Crippen LogP contribution in [0.4, 0.5) is 4.79 Å². The van der Waals surface area contributed by atoms with E-state index in [1.807, 2.05) is 30.0 Å². The highest BCUT2D eigenvalue weighted by molar-refractivity contribution is 7.99. The first-order valence-electron chi connectivity index (χ1n) is 33.9. The largest absolute Gasteiger partial charge is 0.480 e. The molecule has 2 aromatic rings. The van der Waals surface area contributed by atoms with Crippen molar-refractivity contribution < 1.29 is 92.6 Å². The lowest BCUT2D eigenvalue weighted by Gasteiger charge is -2.33. The van der Waals surface area contributed by atoms with Crippen LogP contribution in [0.2, 0.25) is 0 Å². The van der Waals surface area contributed by atoms with E-state index in [0.717, 1.165) is 23.1 Å². The van der Waals surface area contributed by atoms with Gasteiger partial charge in [0.2, 0.25) is 47.3 Å². The molecule has 0 radical (unpaired) electrons. The van der Waals surface area contributed by atoms with Crippen molar-refractivity contribution in [1.82, 2.24) is 61.3 Å². The van der Waals surface area contributed by atoms with E-state index in [1.54, 1.807) is 45.0 Å². The van der Waals surface area contributed by atoms with E-state index >= 15 is 0 Å². The number of carboxylic acids is 4. The van der Waals surface area contributed by atoms with Gasteiger partial charge in [-0.1, -0.05) is 61.9 Å². The Morgan fingerprint density at radius 3 is 1.72 bits per heavy atom. The Labute approximate surface area is 599 Å². The summed E-state index contributed by atoms with van der Waals surface area (Å²) < 4.78 is 5.45. The number of aliphatic carboxylic acids is 4. The van der Waals surface area contributed by atoms with Crippen molar-refractivity contribution in [2.75, 3.05) is 122 Å². The van der Waals surface area contributed by atoms with Crippen LogP contribution in [-0.4, -0.2) is 303 Å². The number of nitrogens with one attached hydrogen (secondary N) is 6. The van der Waals surface area contributed by atoms with Gasteiger partial charge in [-0.25, -0.2) is 9.59 Å². The topological polar surface area (TPSA) is 450 Å². The second kappa shape index (κ2) is 42.6. The van der Waals surface area contributed by atoms with Crippen LogP contribution in [-0.2, 0) is 86.0 Å². The Bertz CT molecular complexity index is 3150. The first-order valence-corrected chi connectivity index (χ1v) is 37.4. The van der Waals surface area contributed by atoms with Crippen LogP contribution >= 0.6 is 35.3 Å². The number of nitrogens with two attached hydrogens (primary N) is 1. The zero-order valence-electron chi connectivity index (χ0n) is 57.1. The summed E-state index contributed by atoms with van der Waals surface area (Å²) in [5, 5.41) is 66.3. The molecule has 35 heteroatoms. The van der Waals surface area contributed by atoms with Gasteiger partial charge in [0.25, 0.3) is 0 Å². The van der Waals surface area contributed by atoms with Gasteiger partial charge in [0.05, 0.1) is 38.9 Å². The van der Waals surface area contributed by atoms with Gasteiger partial charge in [-0.05, 0) is 67.7 Å². The standard InChI is InChI=1S/C66H97N13O19S3/c1-3-4-27-98-66(97)72-49-40-100-38-45-29-44(37-99-28-16-68-54(82)33-74-19-21-75(34-55(83)84)23-25-77(36-57(87)88)26-24-76(22-20-74)35-56(85)86)30-46(31-45)39-101-41-50(65(95)96)71-60(90)48(32-43-10-6-5-7-11-43)70-59(89)47(14-15-53(67)81)69-62(92)58(42(2)80)73-61(91)51-12-8-17-78(51)64(94)52-13-9-18-79(52)63(49)93/h5-7,10-11,29-31,42,47-52,58,80H,3-4,8-9,12-28,32-41H2,1-2H3,(H2,67,81)(H,68,82)(H,69,92)(H,70,89)(H,71,90)(H,72,97)(H,73,91)(H,83,84)(H,85,86)(H,87,88)(H,95,96)/t42-,47+,48+,49+,50+,51+,52+,58+/m1/s1. The van der Waals surface area contributed by atoms with E-state index in [1.165, 1.54) is 52.0 Å². The summed E-state index contributed by atoms with van der Waals surface area (Å²) in [6, 6.07) is 4.58. The third-order valence-electron chi connectivity index (χ3n) is 17.3. The van der Waals surface area contributed by atoms with Gasteiger partial charge in [0.1, 0.15) is 42.3 Å². The number of aliphatic hydroxyl groups excluding tert-OH is 1. The summed E-state index contributed by atoms with van der Waals surface area (Å²) in [7, 11) is 0. The molecule has 2 bridgehead atoms. The molecule has 101 heavy (non-hydrogen) atoms. The van der Waals surface area contributed by atoms with Gasteiger partial charge < -0.3 is 77.7 Å². The van der Waals surface area contributed by atoms with Crippen LogP contribution in [0.5, 0.6) is 0 Å². The Kier molecular flexibility index (Phi) is 34.6. The number of aliphatic hydroxyl groups is 1. The number of amides is 9. The summed E-state index contributed by atoms with van der Waals surface area (Å²) in [6.07, 6.45) is -0.994. The molecule has 2 aromatic carbocycles. The molecule has 4 aliphatic rings. The lowest BCUT2D eigenvalue weighted by atomic mass is 10.0. The first kappa shape index (κ1) is 82.2. The van der Waals surface area contributed by atoms with E-state index < -0.39 is 133 Å². The highest BCUT2D eigenvalue weighted by Crippen LogP contribution is 2.28. The number of thioether (sulfide) groups is 3. The molecule has 8 atom stereocenters. The highest BCUT2D eigenvalue weighted by atomic mass is 32.2. The minimum Gasteiger partial charge on any atom is -0.480 e. The molecule has 6 rings (SSSR count). The highest BCUT2D eigenvalue weighted by Gasteiger charge is 2.45. The molecule has 13 N–H and O–H groups in total. The van der Waals surface area contributed by atoms with Crippen molar-refractivity contribution in [2.45, 2.75) is 137 Å². The SMILES string of the molecule is CCCCOC(=O)N[C@H]1CSCc2cc(CSCCNC(=O)CN3CCN(CC(=O)O)CCN(CC(=O)O)CCN(CC(=O)O)CC3)cc(c2)CSC[C@@H](C(=O)O)NC(=O)[C@H](Cc2ccccc2)NC(=O)[C@H](CCC(N)=O)NC(=O)[C@H]([C@@H](C)O)NC(=O)[C@@H]2CCCN2C(=O)[C@@H]2CCCN2C1=O. The van der Waals surface area contributed by atoms with Gasteiger partial charge in [-0.2, -0.15) is 35.3 Å². The summed E-state index contributed by atoms with van der Waals surface area (Å²) in [5.74, 6) is -9.46. The van der Waals surface area contributed by atoms with Crippen LogP contribution in [0.15, 0.2) is 48.5 Å². The van der Waals surface area contributed by atoms with Gasteiger partial charge in [0, 0.05) is 119 Å². The van der Waals surface area contributed by atoms with Gasteiger partial charge in [0.15, 0.2) is 0 Å². The zero-order valence-corrected chi connectivity index (χ0v) is 59.5. The Morgan fingerprint density at radius 1 is 0.644 bits per heavy atom. The van der Waals surface area contributed by atoms with Crippen molar-refractivity contribution in [1.29, 1.82) is 0 Å². The number of carboxylic acid groups (broad SMARTS) is 4. The monoisotopic (exact) mass is 1470 g/mol. The number of ether oxygens (including phenoxy) is 1. The first-order chi connectivity index (χ1) is 48.3.